The van der Waals surface area contributed by atoms with E-state index in [0.29, 0.717) is 5.56 Å². The van der Waals surface area contributed by atoms with Gasteiger partial charge in [-0.1, -0.05) is 18.2 Å². The molecule has 1 aromatic carbocycles. The van der Waals surface area contributed by atoms with E-state index < -0.39 is 0 Å². The topological polar surface area (TPSA) is 59.0 Å². The first-order valence-electron chi connectivity index (χ1n) is 5.33. The standard InChI is InChI=1S/C13H13N3O/c14-15-13(17)12-6-4-5-11(9-12)10-16-7-2-1-3-8-16/h1-9H,10,14H2/p+1. The van der Waals surface area contributed by atoms with Gasteiger partial charge in [-0.05, 0) is 12.1 Å². The molecule has 0 radical (unpaired) electrons. The van der Waals surface area contributed by atoms with Gasteiger partial charge in [-0.15, -0.1) is 0 Å². The number of carbonyl (C=O) groups is 1. The Bertz CT molecular complexity index is 511. The van der Waals surface area contributed by atoms with E-state index in [1.807, 2.05) is 53.4 Å². The monoisotopic (exact) mass is 228 g/mol. The first-order chi connectivity index (χ1) is 8.29. The predicted molar refractivity (Wildman–Crippen MR) is 63.8 cm³/mol. The van der Waals surface area contributed by atoms with Crippen molar-refractivity contribution in [2.24, 2.45) is 5.84 Å². The van der Waals surface area contributed by atoms with Crippen LogP contribution in [0, 0.1) is 0 Å². The molecule has 1 heterocycles. The summed E-state index contributed by atoms with van der Waals surface area (Å²) in [5, 5.41) is 0. The molecular weight excluding hydrogens is 214 g/mol. The van der Waals surface area contributed by atoms with Gasteiger partial charge in [0.25, 0.3) is 5.91 Å². The van der Waals surface area contributed by atoms with Gasteiger partial charge in [0.15, 0.2) is 18.9 Å². The molecule has 0 unspecified atom stereocenters. The number of aromatic nitrogens is 1. The Morgan fingerprint density at radius 1 is 1.18 bits per heavy atom. The fraction of sp³-hybridized carbons (Fsp3) is 0.0769. The fourth-order valence-electron chi connectivity index (χ4n) is 1.64. The molecule has 0 spiro atoms. The number of amides is 1. The SMILES string of the molecule is NNC(=O)c1cccc(C[n+]2ccccc2)c1. The van der Waals surface area contributed by atoms with E-state index in [2.05, 4.69) is 5.43 Å². The van der Waals surface area contributed by atoms with E-state index in [4.69, 9.17) is 5.84 Å². The zero-order valence-corrected chi connectivity index (χ0v) is 9.34. The molecule has 4 heteroatoms. The number of hydrogen-bond donors (Lipinski definition) is 2. The molecule has 0 bridgehead atoms. The van der Waals surface area contributed by atoms with Gasteiger partial charge in [0, 0.05) is 23.3 Å². The summed E-state index contributed by atoms with van der Waals surface area (Å²) in [4.78, 5) is 11.4. The van der Waals surface area contributed by atoms with Crippen molar-refractivity contribution in [1.29, 1.82) is 0 Å². The number of benzene rings is 1. The molecule has 0 saturated carbocycles. The van der Waals surface area contributed by atoms with Gasteiger partial charge >= 0.3 is 0 Å². The van der Waals surface area contributed by atoms with Gasteiger partial charge in [0.1, 0.15) is 0 Å². The molecule has 86 valence electrons. The highest BCUT2D eigenvalue weighted by Gasteiger charge is 2.06. The Balaban J connectivity index is 2.20. The Kier molecular flexibility index (Phi) is 3.47. The van der Waals surface area contributed by atoms with Crippen molar-refractivity contribution in [1.82, 2.24) is 5.43 Å². The number of carbonyl (C=O) groups excluding carboxylic acids is 1. The Morgan fingerprint density at radius 2 is 1.94 bits per heavy atom. The second-order valence-corrected chi connectivity index (χ2v) is 3.72. The van der Waals surface area contributed by atoms with Crippen LogP contribution in [0.4, 0.5) is 0 Å². The smallest absolute Gasteiger partial charge is 0.265 e. The van der Waals surface area contributed by atoms with Crippen LogP contribution in [-0.4, -0.2) is 5.91 Å². The van der Waals surface area contributed by atoms with Gasteiger partial charge < -0.3 is 0 Å². The molecule has 0 aliphatic carbocycles. The predicted octanol–water partition coefficient (Wildman–Crippen LogP) is 0.626. The highest BCUT2D eigenvalue weighted by Crippen LogP contribution is 2.04. The lowest BCUT2D eigenvalue weighted by atomic mass is 10.1. The summed E-state index contributed by atoms with van der Waals surface area (Å²) >= 11 is 0. The lowest BCUT2D eigenvalue weighted by Gasteiger charge is -2.02. The number of nitrogens with two attached hydrogens (primary N) is 1. The Labute approximate surface area is 99.7 Å². The molecular formula is C13H14N3O+. The normalized spacial score (nSPS) is 9.94. The number of rotatable bonds is 3. The quantitative estimate of drug-likeness (QED) is 0.350. The van der Waals surface area contributed by atoms with Gasteiger partial charge in [-0.3, -0.25) is 10.2 Å². The van der Waals surface area contributed by atoms with Crippen LogP contribution in [-0.2, 0) is 6.54 Å². The van der Waals surface area contributed by atoms with E-state index in [0.717, 1.165) is 12.1 Å². The lowest BCUT2D eigenvalue weighted by molar-refractivity contribution is -0.688. The van der Waals surface area contributed by atoms with Crippen LogP contribution < -0.4 is 15.8 Å². The second kappa shape index (κ2) is 5.23. The number of nitrogens with zero attached hydrogens (tertiary/aromatic N) is 1. The summed E-state index contributed by atoms with van der Waals surface area (Å²) in [6, 6.07) is 13.3. The van der Waals surface area contributed by atoms with Crippen LogP contribution in [0.5, 0.6) is 0 Å². The van der Waals surface area contributed by atoms with Crippen molar-refractivity contribution in [3.05, 3.63) is 66.0 Å². The molecule has 1 aromatic heterocycles. The first-order valence-corrected chi connectivity index (χ1v) is 5.33. The first kappa shape index (κ1) is 11.3. The molecule has 4 nitrogen and oxygen atoms in total. The molecule has 3 N–H and O–H groups in total. The van der Waals surface area contributed by atoms with Gasteiger partial charge in [-0.25, -0.2) is 10.4 Å². The van der Waals surface area contributed by atoms with Crippen molar-refractivity contribution < 1.29 is 9.36 Å². The summed E-state index contributed by atoms with van der Waals surface area (Å²) in [6.45, 7) is 0.729. The van der Waals surface area contributed by atoms with Crippen LogP contribution in [0.25, 0.3) is 0 Å². The number of pyridine rings is 1. The number of hydrazine groups is 1. The van der Waals surface area contributed by atoms with E-state index in [9.17, 15) is 4.79 Å². The molecule has 0 saturated heterocycles. The average Bonchev–Trinajstić information content (AvgIpc) is 2.39. The largest absolute Gasteiger partial charge is 0.290 e. The van der Waals surface area contributed by atoms with Crippen LogP contribution in [0.1, 0.15) is 15.9 Å². The van der Waals surface area contributed by atoms with Crippen molar-refractivity contribution >= 4 is 5.91 Å². The van der Waals surface area contributed by atoms with Crippen molar-refractivity contribution in [2.45, 2.75) is 6.54 Å². The van der Waals surface area contributed by atoms with Gasteiger partial charge in [0.2, 0.25) is 0 Å². The molecule has 0 aliphatic rings. The maximum atomic E-state index is 11.4. The highest BCUT2D eigenvalue weighted by atomic mass is 16.2. The van der Waals surface area contributed by atoms with Crippen LogP contribution in [0.15, 0.2) is 54.9 Å². The summed E-state index contributed by atoms with van der Waals surface area (Å²) in [5.41, 5.74) is 3.76. The molecule has 0 atom stereocenters. The summed E-state index contributed by atoms with van der Waals surface area (Å²) in [5.74, 6) is 4.83. The Hall–Kier alpha value is -2.20. The summed E-state index contributed by atoms with van der Waals surface area (Å²) < 4.78 is 2.04. The Morgan fingerprint density at radius 3 is 2.65 bits per heavy atom. The number of hydrogen-bond acceptors (Lipinski definition) is 2. The van der Waals surface area contributed by atoms with Crippen molar-refractivity contribution in [3.63, 3.8) is 0 Å². The van der Waals surface area contributed by atoms with E-state index in [-0.39, 0.29) is 5.91 Å². The zero-order chi connectivity index (χ0) is 12.1. The van der Waals surface area contributed by atoms with Crippen LogP contribution in [0.3, 0.4) is 0 Å². The maximum absolute atomic E-state index is 11.4. The molecule has 0 aliphatic heterocycles. The molecule has 17 heavy (non-hydrogen) atoms. The minimum atomic E-state index is -0.273. The molecule has 2 aromatic rings. The van der Waals surface area contributed by atoms with Crippen molar-refractivity contribution in [3.8, 4) is 0 Å². The number of nitrogen functional groups attached to an aromatic ring is 1. The zero-order valence-electron chi connectivity index (χ0n) is 9.34. The number of nitrogens with one attached hydrogen (secondary N) is 1. The molecule has 0 fully saturated rings. The minimum Gasteiger partial charge on any atom is -0.290 e. The third-order valence-electron chi connectivity index (χ3n) is 2.46. The third kappa shape index (κ3) is 2.89. The molecule has 1 amide bonds. The summed E-state index contributed by atoms with van der Waals surface area (Å²) in [7, 11) is 0. The van der Waals surface area contributed by atoms with Crippen molar-refractivity contribution in [2.75, 3.05) is 0 Å². The fourth-order valence-corrected chi connectivity index (χ4v) is 1.64. The second-order valence-electron chi connectivity index (χ2n) is 3.72. The van der Waals surface area contributed by atoms with E-state index in [1.54, 1.807) is 6.07 Å². The maximum Gasteiger partial charge on any atom is 0.265 e. The van der Waals surface area contributed by atoms with E-state index in [1.165, 1.54) is 0 Å². The van der Waals surface area contributed by atoms with Gasteiger partial charge in [-0.2, -0.15) is 0 Å². The lowest BCUT2D eigenvalue weighted by Crippen LogP contribution is -2.33. The molecule has 2 rings (SSSR count). The summed E-state index contributed by atoms with van der Waals surface area (Å²) in [6.07, 6.45) is 3.96. The third-order valence-corrected chi connectivity index (χ3v) is 2.46. The van der Waals surface area contributed by atoms with E-state index >= 15 is 0 Å². The van der Waals surface area contributed by atoms with Crippen LogP contribution >= 0.6 is 0 Å². The van der Waals surface area contributed by atoms with Gasteiger partial charge in [0.05, 0.1) is 0 Å². The van der Waals surface area contributed by atoms with Crippen LogP contribution in [0.2, 0.25) is 0 Å². The minimum absolute atomic E-state index is 0.273. The highest BCUT2D eigenvalue weighted by molar-refractivity contribution is 5.93. The average molecular weight is 228 g/mol.